The topological polar surface area (TPSA) is 72.6 Å². The van der Waals surface area contributed by atoms with Gasteiger partial charge in [0.05, 0.1) is 11.1 Å². The van der Waals surface area contributed by atoms with Crippen LogP contribution in [0.25, 0.3) is 0 Å². The van der Waals surface area contributed by atoms with E-state index < -0.39 is 5.97 Å². The van der Waals surface area contributed by atoms with E-state index in [9.17, 15) is 4.79 Å². The van der Waals surface area contributed by atoms with E-state index in [1.165, 1.54) is 12.8 Å². The number of halogens is 1. The number of nitrogens with two attached hydrogens (primary N) is 1. The summed E-state index contributed by atoms with van der Waals surface area (Å²) in [5.74, 6) is -0.152. The number of benzene rings is 1. The molecular weight excluding hydrogens is 278 g/mol. The molecule has 1 aromatic carbocycles. The van der Waals surface area contributed by atoms with E-state index in [0.717, 1.165) is 18.4 Å². The number of carbonyl (C=O) groups is 1. The molecule has 5 heteroatoms. The van der Waals surface area contributed by atoms with Crippen molar-refractivity contribution in [2.45, 2.75) is 50.7 Å². The highest BCUT2D eigenvalue weighted by Gasteiger charge is 2.18. The standard InChI is InChI=1S/C15H20ClNO3/c16-12-9-10(13(17)6-8-15(18)19)5-7-14(12)20-11-3-1-2-4-11/h5,7,9,11,13H,1-4,6,8,17H2,(H,18,19). The second-order valence-electron chi connectivity index (χ2n) is 5.25. The van der Waals surface area contributed by atoms with Gasteiger partial charge in [0.1, 0.15) is 5.75 Å². The van der Waals surface area contributed by atoms with Gasteiger partial charge in [0.25, 0.3) is 0 Å². The van der Waals surface area contributed by atoms with Gasteiger partial charge in [-0.15, -0.1) is 0 Å². The lowest BCUT2D eigenvalue weighted by atomic mass is 10.0. The van der Waals surface area contributed by atoms with Gasteiger partial charge in [0.15, 0.2) is 0 Å². The third kappa shape index (κ3) is 4.12. The molecule has 0 amide bonds. The van der Waals surface area contributed by atoms with Crippen molar-refractivity contribution in [3.05, 3.63) is 28.8 Å². The summed E-state index contributed by atoms with van der Waals surface area (Å²) in [6.07, 6.45) is 5.29. The van der Waals surface area contributed by atoms with Gasteiger partial charge in [0.2, 0.25) is 0 Å². The van der Waals surface area contributed by atoms with Gasteiger partial charge in [-0.05, 0) is 49.8 Å². The fourth-order valence-corrected chi connectivity index (χ4v) is 2.71. The molecule has 1 aromatic rings. The molecule has 1 unspecified atom stereocenters. The van der Waals surface area contributed by atoms with Crippen molar-refractivity contribution in [1.82, 2.24) is 0 Å². The van der Waals surface area contributed by atoms with Crippen LogP contribution in [-0.4, -0.2) is 17.2 Å². The zero-order chi connectivity index (χ0) is 14.5. The van der Waals surface area contributed by atoms with E-state index in [0.29, 0.717) is 17.2 Å². The molecule has 0 saturated heterocycles. The molecule has 0 bridgehead atoms. The molecule has 1 aliphatic carbocycles. The van der Waals surface area contributed by atoms with E-state index in [1.807, 2.05) is 12.1 Å². The van der Waals surface area contributed by atoms with Gasteiger partial charge in [-0.25, -0.2) is 0 Å². The van der Waals surface area contributed by atoms with Gasteiger partial charge in [-0.2, -0.15) is 0 Å². The van der Waals surface area contributed by atoms with Crippen molar-refractivity contribution in [1.29, 1.82) is 0 Å². The first kappa shape index (κ1) is 15.1. The quantitative estimate of drug-likeness (QED) is 0.842. The molecule has 4 nitrogen and oxygen atoms in total. The van der Waals surface area contributed by atoms with Crippen molar-refractivity contribution in [2.75, 3.05) is 0 Å². The Labute approximate surface area is 123 Å². The van der Waals surface area contributed by atoms with E-state index in [4.69, 9.17) is 27.2 Å². The van der Waals surface area contributed by atoms with Crippen LogP contribution in [0.1, 0.15) is 50.1 Å². The summed E-state index contributed by atoms with van der Waals surface area (Å²) in [7, 11) is 0. The van der Waals surface area contributed by atoms with Crippen LogP contribution < -0.4 is 10.5 Å². The van der Waals surface area contributed by atoms with Gasteiger partial charge < -0.3 is 15.6 Å². The summed E-state index contributed by atoms with van der Waals surface area (Å²) in [6, 6.07) is 5.15. The van der Waals surface area contributed by atoms with Crippen molar-refractivity contribution in [3.63, 3.8) is 0 Å². The third-order valence-electron chi connectivity index (χ3n) is 3.65. The summed E-state index contributed by atoms with van der Waals surface area (Å²) in [6.45, 7) is 0. The van der Waals surface area contributed by atoms with Crippen LogP contribution in [-0.2, 0) is 4.79 Å². The smallest absolute Gasteiger partial charge is 0.303 e. The highest BCUT2D eigenvalue weighted by Crippen LogP contribution is 2.32. The minimum atomic E-state index is -0.840. The van der Waals surface area contributed by atoms with Crippen LogP contribution in [0.5, 0.6) is 5.75 Å². The second-order valence-corrected chi connectivity index (χ2v) is 5.66. The molecule has 1 saturated carbocycles. The first-order valence-corrected chi connectivity index (χ1v) is 7.37. The second kappa shape index (κ2) is 6.95. The highest BCUT2D eigenvalue weighted by atomic mass is 35.5. The maximum Gasteiger partial charge on any atom is 0.303 e. The molecule has 3 N–H and O–H groups in total. The lowest BCUT2D eigenvalue weighted by Crippen LogP contribution is -2.13. The maximum atomic E-state index is 10.5. The Kier molecular flexibility index (Phi) is 5.26. The van der Waals surface area contributed by atoms with E-state index in [-0.39, 0.29) is 18.6 Å². The number of rotatable bonds is 6. The van der Waals surface area contributed by atoms with Gasteiger partial charge in [0, 0.05) is 12.5 Å². The number of aliphatic carboxylic acids is 1. The van der Waals surface area contributed by atoms with Gasteiger partial charge in [-0.3, -0.25) is 4.79 Å². The predicted octanol–water partition coefficient (Wildman–Crippen LogP) is 3.53. The Bertz CT molecular complexity index is 472. The van der Waals surface area contributed by atoms with Crippen LogP contribution in [0.4, 0.5) is 0 Å². The Balaban J connectivity index is 1.98. The molecule has 0 aliphatic heterocycles. The molecule has 1 atom stereocenters. The van der Waals surface area contributed by atoms with Crippen LogP contribution in [0.15, 0.2) is 18.2 Å². The molecular formula is C15H20ClNO3. The average Bonchev–Trinajstić information content (AvgIpc) is 2.91. The van der Waals surface area contributed by atoms with Crippen molar-refractivity contribution in [2.24, 2.45) is 5.73 Å². The molecule has 0 aromatic heterocycles. The first-order chi connectivity index (χ1) is 9.56. The van der Waals surface area contributed by atoms with E-state index in [2.05, 4.69) is 0 Å². The van der Waals surface area contributed by atoms with E-state index in [1.54, 1.807) is 6.07 Å². The number of hydrogen-bond donors (Lipinski definition) is 2. The SMILES string of the molecule is NC(CCC(=O)O)c1ccc(OC2CCCC2)c(Cl)c1. The molecule has 20 heavy (non-hydrogen) atoms. The zero-order valence-corrected chi connectivity index (χ0v) is 12.1. The molecule has 110 valence electrons. The van der Waals surface area contributed by atoms with Crippen LogP contribution in [0, 0.1) is 0 Å². The normalized spacial score (nSPS) is 17.1. The van der Waals surface area contributed by atoms with Gasteiger partial charge in [-0.1, -0.05) is 17.7 Å². The van der Waals surface area contributed by atoms with Crippen molar-refractivity contribution in [3.8, 4) is 5.75 Å². The zero-order valence-electron chi connectivity index (χ0n) is 11.3. The fraction of sp³-hybridized carbons (Fsp3) is 0.533. The minimum absolute atomic E-state index is 0.0547. The van der Waals surface area contributed by atoms with Crippen LogP contribution >= 0.6 is 11.6 Å². The third-order valence-corrected chi connectivity index (χ3v) is 3.94. The summed E-state index contributed by atoms with van der Waals surface area (Å²) in [5, 5.41) is 9.21. The largest absolute Gasteiger partial charge is 0.489 e. The summed E-state index contributed by atoms with van der Waals surface area (Å²) >= 11 is 6.22. The lowest BCUT2D eigenvalue weighted by molar-refractivity contribution is -0.137. The Morgan fingerprint density at radius 2 is 2.15 bits per heavy atom. The first-order valence-electron chi connectivity index (χ1n) is 6.99. The highest BCUT2D eigenvalue weighted by molar-refractivity contribution is 6.32. The molecule has 1 fully saturated rings. The molecule has 2 rings (SSSR count). The summed E-state index contributed by atoms with van der Waals surface area (Å²) in [5.41, 5.74) is 6.81. The fourth-order valence-electron chi connectivity index (χ4n) is 2.47. The number of ether oxygens (including phenoxy) is 1. The Hall–Kier alpha value is -1.26. The predicted molar refractivity (Wildman–Crippen MR) is 78.1 cm³/mol. The molecule has 0 spiro atoms. The molecule has 0 heterocycles. The number of carboxylic acids is 1. The van der Waals surface area contributed by atoms with Crippen molar-refractivity contribution < 1.29 is 14.6 Å². The lowest BCUT2D eigenvalue weighted by Gasteiger charge is -2.16. The van der Waals surface area contributed by atoms with E-state index >= 15 is 0 Å². The minimum Gasteiger partial charge on any atom is -0.489 e. The number of hydrogen-bond acceptors (Lipinski definition) is 3. The molecule has 0 radical (unpaired) electrons. The Morgan fingerprint density at radius 1 is 1.45 bits per heavy atom. The molecule has 1 aliphatic rings. The Morgan fingerprint density at radius 3 is 2.75 bits per heavy atom. The number of carboxylic acid groups (broad SMARTS) is 1. The monoisotopic (exact) mass is 297 g/mol. The van der Waals surface area contributed by atoms with Crippen LogP contribution in [0.2, 0.25) is 5.02 Å². The summed E-state index contributed by atoms with van der Waals surface area (Å²) in [4.78, 5) is 10.5. The average molecular weight is 298 g/mol. The van der Waals surface area contributed by atoms with Crippen LogP contribution in [0.3, 0.4) is 0 Å². The summed E-state index contributed by atoms with van der Waals surface area (Å²) < 4.78 is 5.87. The van der Waals surface area contributed by atoms with Gasteiger partial charge >= 0.3 is 5.97 Å². The van der Waals surface area contributed by atoms with Crippen molar-refractivity contribution >= 4 is 17.6 Å². The maximum absolute atomic E-state index is 10.5.